The molecule has 0 fully saturated rings. The molecule has 3 amide bonds. The zero-order valence-electron chi connectivity index (χ0n) is 20.8. The molecule has 0 bridgehead atoms. The van der Waals surface area contributed by atoms with Crippen molar-refractivity contribution in [3.8, 4) is 17.7 Å². The molecule has 1 aliphatic rings. The van der Waals surface area contributed by atoms with E-state index < -0.39 is 24.0 Å². The normalized spacial score (nSPS) is 18.1. The van der Waals surface area contributed by atoms with Crippen molar-refractivity contribution in [2.45, 2.75) is 26.0 Å². The molecule has 2 N–H and O–H groups in total. The van der Waals surface area contributed by atoms with Gasteiger partial charge in [-0.15, -0.1) is 0 Å². The summed E-state index contributed by atoms with van der Waals surface area (Å²) >= 11 is 0. The molecule has 3 rings (SSSR count). The van der Waals surface area contributed by atoms with Gasteiger partial charge < -0.3 is 29.7 Å². The van der Waals surface area contributed by atoms with Crippen LogP contribution < -0.4 is 10.1 Å². The van der Waals surface area contributed by atoms with E-state index in [1.807, 2.05) is 6.92 Å². The van der Waals surface area contributed by atoms with Crippen LogP contribution in [0.5, 0.6) is 5.88 Å². The molecule has 0 spiro atoms. The minimum absolute atomic E-state index is 0.128. The summed E-state index contributed by atoms with van der Waals surface area (Å²) < 4.78 is 24.6. The van der Waals surface area contributed by atoms with Gasteiger partial charge in [0.15, 0.2) is 0 Å². The van der Waals surface area contributed by atoms with Crippen molar-refractivity contribution in [3.05, 3.63) is 53.5 Å². The van der Waals surface area contributed by atoms with E-state index in [0.717, 1.165) is 0 Å². The summed E-state index contributed by atoms with van der Waals surface area (Å²) in [6.07, 6.45) is 0.990. The van der Waals surface area contributed by atoms with Crippen molar-refractivity contribution in [2.24, 2.45) is 5.92 Å². The molecule has 2 heterocycles. The highest BCUT2D eigenvalue weighted by atomic mass is 19.1. The fourth-order valence-electron chi connectivity index (χ4n) is 3.74. The molecule has 0 unspecified atom stereocenters. The Bertz CT molecular complexity index is 1150. The van der Waals surface area contributed by atoms with Crippen LogP contribution >= 0.6 is 0 Å². The Labute approximate surface area is 210 Å². The third-order valence-electron chi connectivity index (χ3n) is 5.85. The van der Waals surface area contributed by atoms with Crippen LogP contribution in [0.1, 0.15) is 29.8 Å². The molecule has 2 aromatic rings. The first kappa shape index (κ1) is 26.9. The molecule has 3 atom stereocenters. The molecule has 0 saturated carbocycles. The average Bonchev–Trinajstić information content (AvgIpc) is 2.86. The van der Waals surface area contributed by atoms with Crippen LogP contribution in [0.25, 0.3) is 0 Å². The first-order valence-corrected chi connectivity index (χ1v) is 11.6. The number of ether oxygens (including phenoxy) is 2. The summed E-state index contributed by atoms with van der Waals surface area (Å²) in [6, 6.07) is 6.36. The summed E-state index contributed by atoms with van der Waals surface area (Å²) in [5.41, 5.74) is 1.08. The van der Waals surface area contributed by atoms with Gasteiger partial charge in [-0.3, -0.25) is 4.79 Å². The zero-order valence-corrected chi connectivity index (χ0v) is 20.8. The van der Waals surface area contributed by atoms with Gasteiger partial charge in [-0.05, 0) is 31.2 Å². The number of aliphatic hydroxyl groups is 1. The lowest BCUT2D eigenvalue weighted by Gasteiger charge is -2.37. The number of carbonyl (C=O) groups is 2. The lowest BCUT2D eigenvalue weighted by atomic mass is 10.00. The smallest absolute Gasteiger partial charge is 0.321 e. The minimum atomic E-state index is -0.522. The van der Waals surface area contributed by atoms with Crippen LogP contribution in [0.4, 0.5) is 14.9 Å². The fourth-order valence-corrected chi connectivity index (χ4v) is 3.74. The minimum Gasteiger partial charge on any atom is -0.472 e. The van der Waals surface area contributed by atoms with Crippen LogP contribution in [-0.4, -0.2) is 84.4 Å². The maximum atomic E-state index is 13.5. The van der Waals surface area contributed by atoms with Gasteiger partial charge in [0.1, 0.15) is 24.1 Å². The first-order chi connectivity index (χ1) is 17.2. The summed E-state index contributed by atoms with van der Waals surface area (Å²) in [5.74, 6) is 4.88. The summed E-state index contributed by atoms with van der Waals surface area (Å²) in [7, 11) is 3.14. The quantitative estimate of drug-likeness (QED) is 0.594. The number of rotatable bonds is 6. The van der Waals surface area contributed by atoms with Gasteiger partial charge in [-0.1, -0.05) is 24.8 Å². The lowest BCUT2D eigenvalue weighted by Crippen LogP contribution is -2.50. The molecule has 1 aromatic carbocycles. The molecule has 36 heavy (non-hydrogen) atoms. The van der Waals surface area contributed by atoms with Gasteiger partial charge in [-0.2, -0.15) is 0 Å². The van der Waals surface area contributed by atoms with E-state index in [0.29, 0.717) is 17.8 Å². The van der Waals surface area contributed by atoms with Crippen LogP contribution in [0, 0.1) is 23.6 Å². The highest BCUT2D eigenvalue weighted by Crippen LogP contribution is 2.27. The number of hydrogen-bond donors (Lipinski definition) is 2. The Kier molecular flexibility index (Phi) is 9.22. The number of aliphatic hydroxyl groups excluding tert-OH is 1. The Morgan fingerprint density at radius 2 is 2.22 bits per heavy atom. The van der Waals surface area contributed by atoms with Crippen LogP contribution in [-0.2, 0) is 4.74 Å². The van der Waals surface area contributed by atoms with E-state index >= 15 is 0 Å². The van der Waals surface area contributed by atoms with E-state index in [1.54, 1.807) is 31.0 Å². The Balaban J connectivity index is 1.87. The number of pyridine rings is 1. The SMILES string of the molecule is COCC#Cc1cnc2c(c1)C(=O)N([C@@H](C)CO)C[C@@H](C)[C@@H](CN(C)C(=O)Nc1cccc(F)c1)O2. The number of urea groups is 1. The number of halogens is 1. The van der Waals surface area contributed by atoms with Crippen molar-refractivity contribution in [3.63, 3.8) is 0 Å². The fraction of sp³-hybridized carbons (Fsp3) is 0.423. The zero-order chi connectivity index (χ0) is 26.2. The second-order valence-electron chi connectivity index (χ2n) is 8.76. The predicted molar refractivity (Wildman–Crippen MR) is 132 cm³/mol. The van der Waals surface area contributed by atoms with Gasteiger partial charge in [0.25, 0.3) is 5.91 Å². The van der Waals surface area contributed by atoms with E-state index in [-0.39, 0.29) is 43.0 Å². The van der Waals surface area contributed by atoms with Crippen LogP contribution in [0.2, 0.25) is 0 Å². The molecule has 1 aliphatic heterocycles. The molecule has 9 nitrogen and oxygen atoms in total. The number of hydrogen-bond acceptors (Lipinski definition) is 6. The molecule has 192 valence electrons. The van der Waals surface area contributed by atoms with E-state index in [1.165, 1.54) is 36.4 Å². The number of benzene rings is 1. The van der Waals surface area contributed by atoms with E-state index in [2.05, 4.69) is 22.1 Å². The molecule has 0 saturated heterocycles. The number of anilines is 1. The highest BCUT2D eigenvalue weighted by molar-refractivity contribution is 5.97. The standard InChI is InChI=1S/C26H31FN4O5/c1-17-14-31(18(2)16-32)25(33)22-11-19(7-6-10-35-4)13-28-24(22)36-23(17)15-30(3)26(34)29-21-9-5-8-20(27)12-21/h5,8-9,11-13,17-18,23,32H,10,14-16H2,1-4H3,(H,29,34)/t17-,18+,23-/m1/s1. The number of aromatic nitrogens is 1. The summed E-state index contributed by atoms with van der Waals surface area (Å²) in [6.45, 7) is 4.16. The molecular weight excluding hydrogens is 467 g/mol. The molecule has 0 radical (unpaired) electrons. The number of nitrogens with one attached hydrogen (secondary N) is 1. The second kappa shape index (κ2) is 12.3. The average molecular weight is 499 g/mol. The van der Waals surface area contributed by atoms with Crippen molar-refractivity contribution in [2.75, 3.05) is 45.8 Å². The first-order valence-electron chi connectivity index (χ1n) is 11.6. The van der Waals surface area contributed by atoms with Crippen molar-refractivity contribution < 1.29 is 28.6 Å². The van der Waals surface area contributed by atoms with Gasteiger partial charge in [-0.25, -0.2) is 14.2 Å². The number of carbonyl (C=O) groups excluding carboxylic acids is 2. The highest BCUT2D eigenvalue weighted by Gasteiger charge is 2.34. The van der Waals surface area contributed by atoms with Crippen LogP contribution in [0.15, 0.2) is 36.5 Å². The maximum absolute atomic E-state index is 13.5. The topological polar surface area (TPSA) is 104 Å². The van der Waals surface area contributed by atoms with Crippen molar-refractivity contribution in [1.29, 1.82) is 0 Å². The number of nitrogens with zero attached hydrogens (tertiary/aromatic N) is 3. The second-order valence-corrected chi connectivity index (χ2v) is 8.76. The predicted octanol–water partition coefficient (Wildman–Crippen LogP) is 2.60. The number of fused-ring (bicyclic) bond motifs is 1. The van der Waals surface area contributed by atoms with E-state index in [9.17, 15) is 19.1 Å². The van der Waals surface area contributed by atoms with Gasteiger partial charge in [0.05, 0.1) is 19.2 Å². The van der Waals surface area contributed by atoms with Gasteiger partial charge in [0.2, 0.25) is 5.88 Å². The van der Waals surface area contributed by atoms with Crippen molar-refractivity contribution >= 4 is 17.6 Å². The molecule has 0 aliphatic carbocycles. The summed E-state index contributed by atoms with van der Waals surface area (Å²) in [5, 5.41) is 12.4. The third kappa shape index (κ3) is 6.71. The largest absolute Gasteiger partial charge is 0.472 e. The Morgan fingerprint density at radius 1 is 1.44 bits per heavy atom. The van der Waals surface area contributed by atoms with Crippen molar-refractivity contribution in [1.82, 2.24) is 14.8 Å². The maximum Gasteiger partial charge on any atom is 0.321 e. The summed E-state index contributed by atoms with van der Waals surface area (Å²) in [4.78, 5) is 33.5. The third-order valence-corrected chi connectivity index (χ3v) is 5.85. The number of likely N-dealkylation sites (N-methyl/N-ethyl adjacent to an activating group) is 1. The lowest BCUT2D eigenvalue weighted by molar-refractivity contribution is 0.0356. The number of amides is 3. The Morgan fingerprint density at radius 3 is 2.92 bits per heavy atom. The molecule has 1 aromatic heterocycles. The van der Waals surface area contributed by atoms with E-state index in [4.69, 9.17) is 9.47 Å². The number of methoxy groups -OCH3 is 1. The van der Waals surface area contributed by atoms with Gasteiger partial charge >= 0.3 is 6.03 Å². The molecule has 10 heteroatoms. The molecular formula is C26H31FN4O5. The van der Waals surface area contributed by atoms with Crippen LogP contribution in [0.3, 0.4) is 0 Å². The van der Waals surface area contributed by atoms with Gasteiger partial charge in [0, 0.05) is 44.1 Å². The Hall–Kier alpha value is -3.68. The monoisotopic (exact) mass is 498 g/mol.